The van der Waals surface area contributed by atoms with Crippen LogP contribution in [0.1, 0.15) is 46.9 Å². The summed E-state index contributed by atoms with van der Waals surface area (Å²) < 4.78 is 41.8. The fourth-order valence-electron chi connectivity index (χ4n) is 5.23. The Morgan fingerprint density at radius 1 is 1.03 bits per heavy atom. The Bertz CT molecular complexity index is 1420. The molecular formula is C28H35FN4O5S. The second-order valence-corrected chi connectivity index (χ2v) is 12.8. The summed E-state index contributed by atoms with van der Waals surface area (Å²) in [6, 6.07) is 6.45. The van der Waals surface area contributed by atoms with Gasteiger partial charge in [0, 0.05) is 64.3 Å². The number of ketones is 1. The van der Waals surface area contributed by atoms with E-state index in [-0.39, 0.29) is 29.3 Å². The molecule has 1 aromatic carbocycles. The molecule has 0 bridgehead atoms. The number of carbonyl (C=O) groups excluding carboxylic acids is 3. The zero-order chi connectivity index (χ0) is 28.6. The Kier molecular flexibility index (Phi) is 8.13. The molecule has 1 fully saturated rings. The van der Waals surface area contributed by atoms with Crippen LogP contribution in [0.5, 0.6) is 0 Å². The highest BCUT2D eigenvalue weighted by molar-refractivity contribution is 7.87. The molecule has 1 atom stereocenters. The first-order valence-electron chi connectivity index (χ1n) is 13.0. The van der Waals surface area contributed by atoms with Crippen LogP contribution < -0.4 is 0 Å². The monoisotopic (exact) mass is 558 g/mol. The van der Waals surface area contributed by atoms with Gasteiger partial charge in [0.25, 0.3) is 11.8 Å². The van der Waals surface area contributed by atoms with Crippen molar-refractivity contribution in [3.63, 3.8) is 0 Å². The Morgan fingerprint density at radius 2 is 1.64 bits per heavy atom. The highest BCUT2D eigenvalue weighted by atomic mass is 32.2. The van der Waals surface area contributed by atoms with Gasteiger partial charge in [-0.3, -0.25) is 14.4 Å². The molecule has 2 aliphatic rings. The topological polar surface area (TPSA) is 100 Å². The third-order valence-corrected chi connectivity index (χ3v) is 9.33. The van der Waals surface area contributed by atoms with Crippen LogP contribution in [0.4, 0.5) is 4.39 Å². The summed E-state index contributed by atoms with van der Waals surface area (Å²) in [5.74, 6) is -1.99. The summed E-state index contributed by atoms with van der Waals surface area (Å²) >= 11 is 0. The van der Waals surface area contributed by atoms with Crippen LogP contribution in [-0.2, 0) is 32.6 Å². The number of halogens is 1. The second kappa shape index (κ2) is 11.1. The normalized spacial score (nSPS) is 18.1. The summed E-state index contributed by atoms with van der Waals surface area (Å²) in [5, 5.41) is 0. The Morgan fingerprint density at radius 3 is 2.21 bits per heavy atom. The molecule has 1 saturated heterocycles. The van der Waals surface area contributed by atoms with E-state index in [0.29, 0.717) is 30.3 Å². The number of nitrogens with zero attached hydrogens (tertiary/aromatic N) is 4. The Hall–Kier alpha value is -3.31. The van der Waals surface area contributed by atoms with Gasteiger partial charge >= 0.3 is 10.2 Å². The van der Waals surface area contributed by atoms with Gasteiger partial charge in [-0.15, -0.1) is 0 Å². The van der Waals surface area contributed by atoms with Crippen LogP contribution in [0, 0.1) is 17.7 Å². The zero-order valence-electron chi connectivity index (χ0n) is 23.0. The number of Topliss-reactive ketones (excluding diaryl/α,β-unsaturated/α-hetero) is 1. The van der Waals surface area contributed by atoms with Gasteiger partial charge < -0.3 is 9.80 Å². The molecule has 1 aromatic heterocycles. The van der Waals surface area contributed by atoms with Crippen molar-refractivity contribution in [2.45, 2.75) is 32.6 Å². The third-order valence-electron chi connectivity index (χ3n) is 7.59. The lowest BCUT2D eigenvalue weighted by Crippen LogP contribution is -2.39. The number of fused-ring (bicyclic) bond motifs is 1. The molecule has 4 rings (SSSR count). The fraction of sp³-hybridized carbons (Fsp3) is 0.464. The first-order valence-corrected chi connectivity index (χ1v) is 14.4. The van der Waals surface area contributed by atoms with Crippen molar-refractivity contribution >= 4 is 33.9 Å². The number of carbonyl (C=O) groups is 3. The predicted molar refractivity (Wildman–Crippen MR) is 146 cm³/mol. The molecule has 2 amide bonds. The van der Waals surface area contributed by atoms with Gasteiger partial charge in [0.1, 0.15) is 5.82 Å². The van der Waals surface area contributed by atoms with E-state index >= 15 is 0 Å². The van der Waals surface area contributed by atoms with Crippen molar-refractivity contribution < 1.29 is 27.2 Å². The first kappa shape index (κ1) is 28.7. The van der Waals surface area contributed by atoms with Crippen LogP contribution in [0.15, 0.2) is 36.0 Å². The molecule has 0 radical (unpaired) electrons. The third kappa shape index (κ3) is 5.69. The number of piperidine rings is 1. The van der Waals surface area contributed by atoms with Gasteiger partial charge in [0.15, 0.2) is 0 Å². The quantitative estimate of drug-likeness (QED) is 0.487. The van der Waals surface area contributed by atoms with E-state index in [0.717, 1.165) is 33.1 Å². The molecule has 2 aromatic rings. The number of rotatable bonds is 7. The molecule has 1 aliphatic heterocycles. The number of amides is 2. The van der Waals surface area contributed by atoms with Gasteiger partial charge in [-0.25, -0.2) is 8.36 Å². The van der Waals surface area contributed by atoms with Crippen molar-refractivity contribution in [1.82, 2.24) is 18.1 Å². The summed E-state index contributed by atoms with van der Waals surface area (Å²) in [7, 11) is 1.89. The summed E-state index contributed by atoms with van der Waals surface area (Å²) in [4.78, 5) is 42.1. The molecule has 1 aliphatic carbocycles. The summed E-state index contributed by atoms with van der Waals surface area (Å²) in [6.07, 6.45) is 5.36. The number of hydrogen-bond donors (Lipinski definition) is 0. The van der Waals surface area contributed by atoms with E-state index in [1.165, 1.54) is 57.5 Å². The number of likely N-dealkylation sites (N-methyl/N-ethyl adjacent to an activating group) is 1. The van der Waals surface area contributed by atoms with Crippen LogP contribution >= 0.6 is 0 Å². The maximum absolute atomic E-state index is 13.8. The van der Waals surface area contributed by atoms with Crippen molar-refractivity contribution in [2.24, 2.45) is 11.8 Å². The minimum atomic E-state index is -3.94. The molecule has 0 N–H and O–H groups in total. The number of aromatic nitrogens is 1. The van der Waals surface area contributed by atoms with E-state index in [2.05, 4.69) is 0 Å². The molecule has 11 heteroatoms. The summed E-state index contributed by atoms with van der Waals surface area (Å²) in [6.45, 7) is 2.76. The predicted octanol–water partition coefficient (Wildman–Crippen LogP) is 2.61. The lowest BCUT2D eigenvalue weighted by molar-refractivity contribution is -0.141. The van der Waals surface area contributed by atoms with Crippen LogP contribution in [0.2, 0.25) is 0 Å². The molecule has 2 heterocycles. The lowest BCUT2D eigenvalue weighted by atomic mass is 9.84. The lowest BCUT2D eigenvalue weighted by Gasteiger charge is -2.32. The van der Waals surface area contributed by atoms with Crippen molar-refractivity contribution in [3.05, 3.63) is 64.2 Å². The fourth-order valence-corrected chi connectivity index (χ4v) is 6.27. The van der Waals surface area contributed by atoms with Gasteiger partial charge in [-0.05, 0) is 61.3 Å². The average Bonchev–Trinajstić information content (AvgIpc) is 3.27. The van der Waals surface area contributed by atoms with Gasteiger partial charge in [0.05, 0.1) is 5.56 Å². The van der Waals surface area contributed by atoms with Gasteiger partial charge in [-0.2, -0.15) is 12.7 Å². The molecular weight excluding hydrogens is 523 g/mol. The molecule has 0 saturated carbocycles. The SMILES string of the molecule is CC1Cc2c(c(C(=O)N3CCC(Cc4ccc(F)cc4)CC3)cn2S(=O)(=O)N(C)C)C=C1C(=O)C(=O)N(C)C. The van der Waals surface area contributed by atoms with Crippen molar-refractivity contribution in [3.8, 4) is 0 Å². The first-order chi connectivity index (χ1) is 18.3. The zero-order valence-corrected chi connectivity index (χ0v) is 23.8. The molecule has 1 unspecified atom stereocenters. The Balaban J connectivity index is 1.64. The second-order valence-electron chi connectivity index (χ2n) is 10.8. The number of likely N-dealkylation sites (tertiary alicyclic amines) is 1. The Labute approximate surface area is 229 Å². The van der Waals surface area contributed by atoms with E-state index in [4.69, 9.17) is 0 Å². The van der Waals surface area contributed by atoms with Gasteiger partial charge in [-0.1, -0.05) is 19.1 Å². The minimum Gasteiger partial charge on any atom is -0.342 e. The van der Waals surface area contributed by atoms with E-state index in [1.807, 2.05) is 0 Å². The highest BCUT2D eigenvalue weighted by Crippen LogP contribution is 2.35. The highest BCUT2D eigenvalue weighted by Gasteiger charge is 2.36. The summed E-state index contributed by atoms with van der Waals surface area (Å²) in [5.41, 5.74) is 2.28. The van der Waals surface area contributed by atoms with Gasteiger partial charge in [0.2, 0.25) is 5.78 Å². The smallest absolute Gasteiger partial charge is 0.307 e. The van der Waals surface area contributed by atoms with Crippen LogP contribution in [-0.4, -0.2) is 85.4 Å². The minimum absolute atomic E-state index is 0.188. The van der Waals surface area contributed by atoms with E-state index in [1.54, 1.807) is 24.0 Å². The number of benzene rings is 1. The molecule has 9 nitrogen and oxygen atoms in total. The van der Waals surface area contributed by atoms with Crippen LogP contribution in [0.25, 0.3) is 6.08 Å². The average molecular weight is 559 g/mol. The standard InChI is InChI=1S/C28H35FN4O5S/c1-18-14-25-23(16-22(18)26(34)28(36)30(2)3)24(17-33(25)39(37,38)31(4)5)27(35)32-12-10-20(11-13-32)15-19-6-8-21(29)9-7-19/h6-9,16-18,20H,10-15H2,1-5H3. The molecule has 39 heavy (non-hydrogen) atoms. The molecule has 210 valence electrons. The van der Waals surface area contributed by atoms with Crippen molar-refractivity contribution in [2.75, 3.05) is 41.3 Å². The largest absolute Gasteiger partial charge is 0.342 e. The van der Waals surface area contributed by atoms with Crippen LogP contribution in [0.3, 0.4) is 0 Å². The van der Waals surface area contributed by atoms with E-state index in [9.17, 15) is 27.2 Å². The van der Waals surface area contributed by atoms with E-state index < -0.39 is 27.8 Å². The maximum atomic E-state index is 13.8. The number of hydrogen-bond acceptors (Lipinski definition) is 5. The maximum Gasteiger partial charge on any atom is 0.307 e. The van der Waals surface area contributed by atoms with Crippen molar-refractivity contribution in [1.29, 1.82) is 0 Å². The molecule has 0 spiro atoms.